The minimum Gasteiger partial charge on any atom is -0.381 e. The Hall–Kier alpha value is -2.13. The molecule has 3 heteroatoms. The number of benzene rings is 2. The summed E-state index contributed by atoms with van der Waals surface area (Å²) in [6.45, 7) is 9.63. The van der Waals surface area contributed by atoms with Gasteiger partial charge in [0.05, 0.1) is 5.41 Å². The Labute approximate surface area is 163 Å². The van der Waals surface area contributed by atoms with Gasteiger partial charge in [-0.3, -0.25) is 4.79 Å². The molecule has 0 aliphatic carbocycles. The summed E-state index contributed by atoms with van der Waals surface area (Å²) >= 11 is 0. The maximum atomic E-state index is 13.1. The number of carbonyl (C=O) groups excluding carboxylic acids is 1. The minimum atomic E-state index is -0.392. The Morgan fingerprint density at radius 2 is 1.78 bits per heavy atom. The van der Waals surface area contributed by atoms with Gasteiger partial charge in [0.15, 0.2) is 0 Å². The van der Waals surface area contributed by atoms with Crippen LogP contribution in [0.25, 0.3) is 11.1 Å². The van der Waals surface area contributed by atoms with Gasteiger partial charge >= 0.3 is 0 Å². The van der Waals surface area contributed by atoms with Gasteiger partial charge in [-0.2, -0.15) is 0 Å². The maximum Gasteiger partial charge on any atom is 0.226 e. The van der Waals surface area contributed by atoms with Crippen LogP contribution in [0.1, 0.15) is 43.4 Å². The average molecular weight is 366 g/mol. The molecule has 3 nitrogen and oxygen atoms in total. The van der Waals surface area contributed by atoms with E-state index in [1.807, 2.05) is 13.8 Å². The Morgan fingerprint density at radius 1 is 1.07 bits per heavy atom. The Kier molecular flexibility index (Phi) is 6.01. The molecule has 2 aromatic carbocycles. The van der Waals surface area contributed by atoms with Crippen LogP contribution in [0.15, 0.2) is 42.5 Å². The molecule has 0 saturated carbocycles. The summed E-state index contributed by atoms with van der Waals surface area (Å²) in [5.41, 5.74) is 5.88. The summed E-state index contributed by atoms with van der Waals surface area (Å²) in [6, 6.07) is 15.3. The molecule has 1 amide bonds. The molecule has 2 aromatic rings. The van der Waals surface area contributed by atoms with Crippen molar-refractivity contribution in [2.75, 3.05) is 13.2 Å². The Bertz CT molecular complexity index is 804. The average Bonchev–Trinajstić information content (AvgIpc) is 2.63. The smallest absolute Gasteiger partial charge is 0.226 e. The van der Waals surface area contributed by atoms with Crippen LogP contribution in [0.4, 0.5) is 0 Å². The van der Waals surface area contributed by atoms with Gasteiger partial charge in [0.2, 0.25) is 5.91 Å². The topological polar surface area (TPSA) is 38.3 Å². The third kappa shape index (κ3) is 4.41. The second-order valence-corrected chi connectivity index (χ2v) is 8.17. The van der Waals surface area contributed by atoms with E-state index in [1.54, 1.807) is 0 Å². The molecule has 1 heterocycles. The van der Waals surface area contributed by atoms with E-state index in [0.29, 0.717) is 13.2 Å². The van der Waals surface area contributed by atoms with E-state index >= 15 is 0 Å². The summed E-state index contributed by atoms with van der Waals surface area (Å²) in [4.78, 5) is 13.1. The molecule has 1 aliphatic heterocycles. The van der Waals surface area contributed by atoms with Gasteiger partial charge in [0.1, 0.15) is 0 Å². The Morgan fingerprint density at radius 3 is 2.44 bits per heavy atom. The molecule has 1 aliphatic rings. The van der Waals surface area contributed by atoms with Crippen molar-refractivity contribution in [3.05, 3.63) is 59.2 Å². The van der Waals surface area contributed by atoms with Gasteiger partial charge < -0.3 is 10.1 Å². The van der Waals surface area contributed by atoms with Crippen molar-refractivity contribution in [1.29, 1.82) is 0 Å². The second-order valence-electron chi connectivity index (χ2n) is 8.17. The number of nitrogens with one attached hydrogen (secondary N) is 1. The molecule has 0 radical (unpaired) electrons. The van der Waals surface area contributed by atoms with Gasteiger partial charge in [-0.25, -0.2) is 0 Å². The fourth-order valence-electron chi connectivity index (χ4n) is 4.08. The first-order valence-corrected chi connectivity index (χ1v) is 9.95. The van der Waals surface area contributed by atoms with E-state index in [1.165, 1.54) is 27.8 Å². The van der Waals surface area contributed by atoms with Crippen molar-refractivity contribution in [1.82, 2.24) is 5.32 Å². The summed E-state index contributed by atoms with van der Waals surface area (Å²) < 4.78 is 5.58. The number of rotatable bonds is 5. The van der Waals surface area contributed by atoms with Crippen LogP contribution in [-0.2, 0) is 16.0 Å². The fourth-order valence-corrected chi connectivity index (χ4v) is 4.08. The standard InChI is InChI=1S/C24H31NO2/c1-17(2)25-23(26)24(11-13-27-14-12-24)16-20-7-5-6-8-22(20)21-10-9-18(3)15-19(21)4/h5-10,15,17H,11-14,16H2,1-4H3,(H,25,26). The van der Waals surface area contributed by atoms with E-state index in [9.17, 15) is 4.79 Å². The van der Waals surface area contributed by atoms with E-state index in [2.05, 4.69) is 61.6 Å². The maximum absolute atomic E-state index is 13.1. The normalized spacial score (nSPS) is 16.3. The lowest BCUT2D eigenvalue weighted by Crippen LogP contribution is -2.48. The molecule has 1 saturated heterocycles. The predicted octanol–water partition coefficient (Wildman–Crippen LogP) is 4.83. The fraction of sp³-hybridized carbons (Fsp3) is 0.458. The van der Waals surface area contributed by atoms with Crippen molar-refractivity contribution in [2.24, 2.45) is 5.41 Å². The Balaban J connectivity index is 1.99. The number of hydrogen-bond donors (Lipinski definition) is 1. The second kappa shape index (κ2) is 8.26. The molecule has 0 unspecified atom stereocenters. The first kappa shape index (κ1) is 19.6. The van der Waals surface area contributed by atoms with Crippen molar-refractivity contribution < 1.29 is 9.53 Å². The lowest BCUT2D eigenvalue weighted by molar-refractivity contribution is -0.137. The molecule has 0 bridgehead atoms. The lowest BCUT2D eigenvalue weighted by Gasteiger charge is -2.37. The molecule has 1 fully saturated rings. The largest absolute Gasteiger partial charge is 0.381 e. The number of carbonyl (C=O) groups is 1. The van der Waals surface area contributed by atoms with Gasteiger partial charge in [0, 0.05) is 19.3 Å². The summed E-state index contributed by atoms with van der Waals surface area (Å²) in [5.74, 6) is 0.163. The van der Waals surface area contributed by atoms with Gasteiger partial charge in [-0.15, -0.1) is 0 Å². The molecule has 3 rings (SSSR count). The van der Waals surface area contributed by atoms with Crippen molar-refractivity contribution in [2.45, 2.75) is 53.0 Å². The molecular weight excluding hydrogens is 334 g/mol. The number of hydrogen-bond acceptors (Lipinski definition) is 2. The van der Waals surface area contributed by atoms with Crippen molar-refractivity contribution in [3.8, 4) is 11.1 Å². The van der Waals surface area contributed by atoms with E-state index in [4.69, 9.17) is 4.74 Å². The van der Waals surface area contributed by atoms with Crippen LogP contribution < -0.4 is 5.32 Å². The molecule has 27 heavy (non-hydrogen) atoms. The van der Waals surface area contributed by atoms with E-state index in [0.717, 1.165) is 19.3 Å². The van der Waals surface area contributed by atoms with Crippen LogP contribution in [0.3, 0.4) is 0 Å². The third-order valence-corrected chi connectivity index (χ3v) is 5.57. The van der Waals surface area contributed by atoms with Crippen molar-refractivity contribution >= 4 is 5.91 Å². The van der Waals surface area contributed by atoms with Crippen LogP contribution in [-0.4, -0.2) is 25.2 Å². The minimum absolute atomic E-state index is 0.145. The van der Waals surface area contributed by atoms with Crippen LogP contribution in [0.2, 0.25) is 0 Å². The highest BCUT2D eigenvalue weighted by Gasteiger charge is 2.40. The highest BCUT2D eigenvalue weighted by molar-refractivity contribution is 5.84. The van der Waals surface area contributed by atoms with E-state index in [-0.39, 0.29) is 11.9 Å². The third-order valence-electron chi connectivity index (χ3n) is 5.57. The van der Waals surface area contributed by atoms with Crippen LogP contribution >= 0.6 is 0 Å². The zero-order valence-electron chi connectivity index (χ0n) is 17.0. The SMILES string of the molecule is Cc1ccc(-c2ccccc2CC2(C(=O)NC(C)C)CCOCC2)c(C)c1. The summed E-state index contributed by atoms with van der Waals surface area (Å²) in [7, 11) is 0. The highest BCUT2D eigenvalue weighted by Crippen LogP contribution is 2.38. The lowest BCUT2D eigenvalue weighted by atomic mass is 9.73. The predicted molar refractivity (Wildman–Crippen MR) is 111 cm³/mol. The molecule has 1 N–H and O–H groups in total. The van der Waals surface area contributed by atoms with Gasteiger partial charge in [-0.1, -0.05) is 48.0 Å². The molecule has 144 valence electrons. The number of ether oxygens (including phenoxy) is 1. The molecule has 0 atom stereocenters. The number of aryl methyl sites for hydroxylation is 2. The highest BCUT2D eigenvalue weighted by atomic mass is 16.5. The molecular formula is C24H31NO2. The monoisotopic (exact) mass is 365 g/mol. The summed E-state index contributed by atoms with van der Waals surface area (Å²) in [5, 5.41) is 3.16. The first-order valence-electron chi connectivity index (χ1n) is 9.95. The zero-order valence-corrected chi connectivity index (χ0v) is 17.0. The van der Waals surface area contributed by atoms with Crippen LogP contribution in [0, 0.1) is 19.3 Å². The molecule has 0 spiro atoms. The van der Waals surface area contributed by atoms with Crippen LogP contribution in [0.5, 0.6) is 0 Å². The first-order chi connectivity index (χ1) is 12.9. The van der Waals surface area contributed by atoms with Gasteiger partial charge in [-0.05, 0) is 69.2 Å². The molecule has 0 aromatic heterocycles. The zero-order chi connectivity index (χ0) is 19.4. The van der Waals surface area contributed by atoms with Gasteiger partial charge in [0.25, 0.3) is 0 Å². The quantitative estimate of drug-likeness (QED) is 0.824. The van der Waals surface area contributed by atoms with E-state index < -0.39 is 5.41 Å². The van der Waals surface area contributed by atoms with Crippen molar-refractivity contribution in [3.63, 3.8) is 0 Å². The number of amides is 1. The summed E-state index contributed by atoms with van der Waals surface area (Å²) in [6.07, 6.45) is 2.29.